The molecule has 0 unspecified atom stereocenters. The number of rotatable bonds is 4. The number of anilines is 1. The molecule has 0 radical (unpaired) electrons. The first kappa shape index (κ1) is 11.7. The molecule has 1 heterocycles. The van der Waals surface area contributed by atoms with Crippen molar-refractivity contribution < 1.29 is 4.79 Å². The van der Waals surface area contributed by atoms with Gasteiger partial charge in [0.1, 0.15) is 17.3 Å². The van der Waals surface area contributed by atoms with Crippen molar-refractivity contribution in [2.24, 2.45) is 5.73 Å². The Hall–Kier alpha value is -1.36. The molecule has 0 bridgehead atoms. The van der Waals surface area contributed by atoms with E-state index in [1.54, 1.807) is 11.8 Å². The van der Waals surface area contributed by atoms with E-state index in [2.05, 4.69) is 9.97 Å². The van der Waals surface area contributed by atoms with Gasteiger partial charge in [0.2, 0.25) is 5.91 Å². The maximum atomic E-state index is 10.8. The van der Waals surface area contributed by atoms with Gasteiger partial charge < -0.3 is 10.6 Å². The molecule has 0 saturated carbocycles. The van der Waals surface area contributed by atoms with E-state index in [0.717, 1.165) is 5.56 Å². The van der Waals surface area contributed by atoms with E-state index in [0.29, 0.717) is 17.5 Å². The molecule has 0 saturated heterocycles. The zero-order chi connectivity index (χ0) is 11.4. The molecule has 0 aromatic carbocycles. The maximum absolute atomic E-state index is 10.8. The largest absolute Gasteiger partial charge is 0.368 e. The van der Waals surface area contributed by atoms with Crippen LogP contribution in [-0.4, -0.2) is 29.0 Å². The van der Waals surface area contributed by atoms with Crippen LogP contribution in [0.1, 0.15) is 12.5 Å². The van der Waals surface area contributed by atoms with Gasteiger partial charge in [0.15, 0.2) is 0 Å². The highest BCUT2D eigenvalue weighted by molar-refractivity contribution is 6.30. The lowest BCUT2D eigenvalue weighted by Gasteiger charge is -2.21. The first-order valence-corrected chi connectivity index (χ1v) is 4.94. The molecule has 1 aromatic heterocycles. The lowest BCUT2D eigenvalue weighted by molar-refractivity contribution is -0.116. The second-order valence-electron chi connectivity index (χ2n) is 3.09. The fourth-order valence-electron chi connectivity index (χ4n) is 1.26. The third-order valence-corrected chi connectivity index (χ3v) is 2.40. The van der Waals surface area contributed by atoms with Crippen molar-refractivity contribution in [1.29, 1.82) is 0 Å². The van der Waals surface area contributed by atoms with Crippen molar-refractivity contribution >= 4 is 23.3 Å². The van der Waals surface area contributed by atoms with Crippen molar-refractivity contribution in [1.82, 2.24) is 9.97 Å². The number of hydrogen-bond donors (Lipinski definition) is 1. The SMILES string of the molecule is CCN(CC(N)=O)c1ncnc(Cl)c1C. The average molecular weight is 229 g/mol. The molecule has 0 aliphatic heterocycles. The molecule has 1 amide bonds. The van der Waals surface area contributed by atoms with Crippen LogP contribution in [0.25, 0.3) is 0 Å². The molecule has 0 spiro atoms. The van der Waals surface area contributed by atoms with E-state index >= 15 is 0 Å². The normalized spacial score (nSPS) is 10.1. The molecule has 82 valence electrons. The highest BCUT2D eigenvalue weighted by Gasteiger charge is 2.13. The fourth-order valence-corrected chi connectivity index (χ4v) is 1.39. The van der Waals surface area contributed by atoms with Crippen molar-refractivity contribution in [3.8, 4) is 0 Å². The molecular formula is C9H13ClN4O. The van der Waals surface area contributed by atoms with E-state index in [9.17, 15) is 4.79 Å². The summed E-state index contributed by atoms with van der Waals surface area (Å²) in [6, 6.07) is 0. The second-order valence-corrected chi connectivity index (χ2v) is 3.45. The third-order valence-electron chi connectivity index (χ3n) is 2.02. The highest BCUT2D eigenvalue weighted by Crippen LogP contribution is 2.21. The zero-order valence-corrected chi connectivity index (χ0v) is 9.45. The van der Waals surface area contributed by atoms with Crippen LogP contribution < -0.4 is 10.6 Å². The summed E-state index contributed by atoms with van der Waals surface area (Å²) in [6.45, 7) is 4.49. The van der Waals surface area contributed by atoms with E-state index in [-0.39, 0.29) is 6.54 Å². The molecule has 2 N–H and O–H groups in total. The fraction of sp³-hybridized carbons (Fsp3) is 0.444. The van der Waals surface area contributed by atoms with Crippen LogP contribution >= 0.6 is 11.6 Å². The Bertz CT molecular complexity index is 369. The first-order chi connectivity index (χ1) is 7.06. The van der Waals surface area contributed by atoms with Gasteiger partial charge in [0.05, 0.1) is 6.54 Å². The molecule has 1 aromatic rings. The molecule has 0 fully saturated rings. The Kier molecular flexibility index (Phi) is 3.85. The van der Waals surface area contributed by atoms with Gasteiger partial charge >= 0.3 is 0 Å². The number of nitrogens with zero attached hydrogens (tertiary/aromatic N) is 3. The number of aromatic nitrogens is 2. The summed E-state index contributed by atoms with van der Waals surface area (Å²) in [5.74, 6) is 0.252. The standard InChI is InChI=1S/C9H13ClN4O/c1-3-14(4-7(11)15)9-6(2)8(10)12-5-13-9/h5H,3-4H2,1-2H3,(H2,11,15). The van der Waals surface area contributed by atoms with Crippen molar-refractivity contribution in [3.63, 3.8) is 0 Å². The monoisotopic (exact) mass is 228 g/mol. The molecule has 15 heavy (non-hydrogen) atoms. The molecular weight excluding hydrogens is 216 g/mol. The third kappa shape index (κ3) is 2.79. The van der Waals surface area contributed by atoms with Gasteiger partial charge in [0.25, 0.3) is 0 Å². The Morgan fingerprint density at radius 1 is 1.60 bits per heavy atom. The van der Waals surface area contributed by atoms with E-state index in [1.165, 1.54) is 6.33 Å². The topological polar surface area (TPSA) is 72.1 Å². The minimum Gasteiger partial charge on any atom is -0.368 e. The lowest BCUT2D eigenvalue weighted by atomic mass is 10.3. The second kappa shape index (κ2) is 4.93. The Balaban J connectivity index is 3.01. The number of carbonyl (C=O) groups excluding carboxylic acids is 1. The summed E-state index contributed by atoms with van der Waals surface area (Å²) in [5, 5.41) is 0.392. The summed E-state index contributed by atoms with van der Waals surface area (Å²) < 4.78 is 0. The number of likely N-dealkylation sites (N-methyl/N-ethyl adjacent to an activating group) is 1. The van der Waals surface area contributed by atoms with Crippen molar-refractivity contribution in [2.75, 3.05) is 18.0 Å². The van der Waals surface area contributed by atoms with Crippen LogP contribution in [0.2, 0.25) is 5.15 Å². The van der Waals surface area contributed by atoms with Crippen LogP contribution in [0, 0.1) is 6.92 Å². The molecule has 1 rings (SSSR count). The molecule has 0 aliphatic rings. The Labute approximate surface area is 93.3 Å². The van der Waals surface area contributed by atoms with Gasteiger partial charge in [-0.25, -0.2) is 9.97 Å². The van der Waals surface area contributed by atoms with Gasteiger partial charge in [-0.1, -0.05) is 11.6 Å². The van der Waals surface area contributed by atoms with Gasteiger partial charge in [-0.05, 0) is 13.8 Å². The quantitative estimate of drug-likeness (QED) is 0.772. The predicted octanol–water partition coefficient (Wildman–Crippen LogP) is 0.750. The molecule has 0 atom stereocenters. The smallest absolute Gasteiger partial charge is 0.236 e. The number of primary amides is 1. The van der Waals surface area contributed by atoms with Gasteiger partial charge in [-0.3, -0.25) is 4.79 Å². The maximum Gasteiger partial charge on any atom is 0.236 e. The van der Waals surface area contributed by atoms with Crippen LogP contribution in [0.4, 0.5) is 5.82 Å². The Morgan fingerprint density at radius 3 is 2.80 bits per heavy atom. The average Bonchev–Trinajstić information content (AvgIpc) is 2.19. The van der Waals surface area contributed by atoms with Crippen molar-refractivity contribution in [2.45, 2.75) is 13.8 Å². The predicted molar refractivity (Wildman–Crippen MR) is 58.9 cm³/mol. The number of halogens is 1. The molecule has 5 nitrogen and oxygen atoms in total. The van der Waals surface area contributed by atoms with Crippen LogP contribution in [0.5, 0.6) is 0 Å². The lowest BCUT2D eigenvalue weighted by Crippen LogP contribution is -2.34. The number of carbonyl (C=O) groups is 1. The number of nitrogens with two attached hydrogens (primary N) is 1. The van der Waals surface area contributed by atoms with Crippen LogP contribution in [-0.2, 0) is 4.79 Å². The zero-order valence-electron chi connectivity index (χ0n) is 8.70. The minimum atomic E-state index is -0.397. The van der Waals surface area contributed by atoms with E-state index < -0.39 is 5.91 Å². The number of hydrogen-bond acceptors (Lipinski definition) is 4. The summed E-state index contributed by atoms with van der Waals surface area (Å²) in [5.41, 5.74) is 5.89. The summed E-state index contributed by atoms with van der Waals surface area (Å²) in [4.78, 5) is 20.5. The number of amides is 1. The highest BCUT2D eigenvalue weighted by atomic mass is 35.5. The van der Waals surface area contributed by atoms with E-state index in [1.807, 2.05) is 6.92 Å². The van der Waals surface area contributed by atoms with Gasteiger partial charge in [-0.15, -0.1) is 0 Å². The first-order valence-electron chi connectivity index (χ1n) is 4.56. The van der Waals surface area contributed by atoms with Gasteiger partial charge in [-0.2, -0.15) is 0 Å². The summed E-state index contributed by atoms with van der Waals surface area (Å²) in [6.07, 6.45) is 1.37. The van der Waals surface area contributed by atoms with Gasteiger partial charge in [0, 0.05) is 12.1 Å². The minimum absolute atomic E-state index is 0.130. The molecule has 0 aliphatic carbocycles. The van der Waals surface area contributed by atoms with Crippen molar-refractivity contribution in [3.05, 3.63) is 17.0 Å². The van der Waals surface area contributed by atoms with Crippen LogP contribution in [0.3, 0.4) is 0 Å². The van der Waals surface area contributed by atoms with Crippen LogP contribution in [0.15, 0.2) is 6.33 Å². The summed E-state index contributed by atoms with van der Waals surface area (Å²) in [7, 11) is 0. The molecule has 6 heteroatoms. The Morgan fingerprint density at radius 2 is 2.27 bits per heavy atom. The van der Waals surface area contributed by atoms with E-state index in [4.69, 9.17) is 17.3 Å². The summed E-state index contributed by atoms with van der Waals surface area (Å²) >= 11 is 5.86.